The summed E-state index contributed by atoms with van der Waals surface area (Å²) in [6.07, 6.45) is 1.34. The van der Waals surface area contributed by atoms with E-state index in [-0.39, 0.29) is 17.0 Å². The minimum atomic E-state index is -3.68. The molecule has 0 N–H and O–H groups in total. The van der Waals surface area contributed by atoms with Crippen LogP contribution in [0.4, 0.5) is 0 Å². The van der Waals surface area contributed by atoms with Crippen molar-refractivity contribution < 1.29 is 17.9 Å². The Labute approximate surface area is 179 Å². The van der Waals surface area contributed by atoms with E-state index in [4.69, 9.17) is 9.47 Å². The molecule has 6 nitrogen and oxygen atoms in total. The highest BCUT2D eigenvalue weighted by Gasteiger charge is 2.43. The molecular formula is C23H30N2O4S. The van der Waals surface area contributed by atoms with Gasteiger partial charge in [0.1, 0.15) is 16.7 Å². The van der Waals surface area contributed by atoms with Crippen molar-refractivity contribution in [3.63, 3.8) is 0 Å². The third kappa shape index (κ3) is 4.54. The maximum atomic E-state index is 13.7. The third-order valence-electron chi connectivity index (χ3n) is 5.92. The predicted octanol–water partition coefficient (Wildman–Crippen LogP) is 3.14. The molecule has 0 spiro atoms. The first kappa shape index (κ1) is 21.3. The van der Waals surface area contributed by atoms with E-state index in [1.165, 1.54) is 0 Å². The molecule has 0 bridgehead atoms. The average molecular weight is 431 g/mol. The zero-order valence-electron chi connectivity index (χ0n) is 17.4. The summed E-state index contributed by atoms with van der Waals surface area (Å²) in [5.74, 6) is 0.464. The van der Waals surface area contributed by atoms with Crippen LogP contribution in [0.5, 0.6) is 5.75 Å². The summed E-state index contributed by atoms with van der Waals surface area (Å²) in [6.45, 7) is 6.31. The van der Waals surface area contributed by atoms with Gasteiger partial charge in [0.05, 0.1) is 12.6 Å². The lowest BCUT2D eigenvalue weighted by Gasteiger charge is -2.32. The Morgan fingerprint density at radius 1 is 1.03 bits per heavy atom. The van der Waals surface area contributed by atoms with Gasteiger partial charge in [-0.1, -0.05) is 42.5 Å². The Morgan fingerprint density at radius 2 is 1.77 bits per heavy atom. The molecule has 0 aliphatic carbocycles. The Bertz CT molecular complexity index is 935. The zero-order chi connectivity index (χ0) is 21.0. The smallest absolute Gasteiger partial charge is 0.247 e. The highest BCUT2D eigenvalue weighted by atomic mass is 32.2. The molecule has 2 heterocycles. The van der Waals surface area contributed by atoms with Crippen LogP contribution in [0.1, 0.15) is 25.3 Å². The van der Waals surface area contributed by atoms with Crippen LogP contribution in [0.2, 0.25) is 0 Å². The summed E-state index contributed by atoms with van der Waals surface area (Å²) in [5.41, 5.74) is 0.983. The first-order valence-electron chi connectivity index (χ1n) is 10.7. The molecule has 0 unspecified atom stereocenters. The van der Waals surface area contributed by atoms with Crippen molar-refractivity contribution in [3.05, 3.63) is 60.2 Å². The molecule has 30 heavy (non-hydrogen) atoms. The molecule has 7 heteroatoms. The lowest BCUT2D eigenvalue weighted by Crippen LogP contribution is -2.46. The van der Waals surface area contributed by atoms with Crippen LogP contribution in [0.3, 0.4) is 0 Å². The molecule has 1 saturated heterocycles. The average Bonchev–Trinajstić information content (AvgIpc) is 2.99. The van der Waals surface area contributed by atoms with Crippen LogP contribution < -0.4 is 4.74 Å². The number of para-hydroxylation sites is 1. The molecule has 2 atom stereocenters. The van der Waals surface area contributed by atoms with Gasteiger partial charge in [-0.05, 0) is 44.0 Å². The fourth-order valence-corrected chi connectivity index (χ4v) is 6.13. The molecule has 2 aliphatic heterocycles. The molecular weight excluding hydrogens is 400 g/mol. The minimum Gasteiger partial charge on any atom is -0.487 e. The SMILES string of the molecule is CCOCCN1CC[C@@H]2Oc3ccccc3S(=O)(=O)N(Cc3ccccc3)[C@H]2CC1. The van der Waals surface area contributed by atoms with Gasteiger partial charge in [-0.3, -0.25) is 0 Å². The summed E-state index contributed by atoms with van der Waals surface area (Å²) in [4.78, 5) is 2.62. The van der Waals surface area contributed by atoms with E-state index in [1.807, 2.05) is 43.3 Å². The molecule has 0 aromatic heterocycles. The maximum absolute atomic E-state index is 13.7. The van der Waals surface area contributed by atoms with Gasteiger partial charge in [0.15, 0.2) is 0 Å². The van der Waals surface area contributed by atoms with Gasteiger partial charge in [0.25, 0.3) is 0 Å². The van der Waals surface area contributed by atoms with Crippen LogP contribution in [0.25, 0.3) is 0 Å². The van der Waals surface area contributed by atoms with Crippen molar-refractivity contribution in [1.29, 1.82) is 0 Å². The molecule has 162 valence electrons. The first-order chi connectivity index (χ1) is 14.6. The van der Waals surface area contributed by atoms with E-state index < -0.39 is 10.0 Å². The van der Waals surface area contributed by atoms with Gasteiger partial charge in [0.2, 0.25) is 10.0 Å². The standard InChI is InChI=1S/C23H30N2O4S/c1-2-28-17-16-24-14-12-20-21(13-15-24)29-22-10-6-7-11-23(22)30(26,27)25(20)18-19-8-4-3-5-9-19/h3-11,20-21H,2,12-18H2,1H3/t20-,21-/m0/s1. The summed E-state index contributed by atoms with van der Waals surface area (Å²) in [6, 6.07) is 16.6. The van der Waals surface area contributed by atoms with Crippen LogP contribution in [0, 0.1) is 0 Å². The van der Waals surface area contributed by atoms with Crippen molar-refractivity contribution in [2.45, 2.75) is 43.4 Å². The number of ether oxygens (including phenoxy) is 2. The number of hydrogen-bond acceptors (Lipinski definition) is 5. The number of fused-ring (bicyclic) bond motifs is 2. The normalized spacial score (nSPS) is 24.2. The van der Waals surface area contributed by atoms with Crippen molar-refractivity contribution in [2.75, 3.05) is 32.8 Å². The molecule has 4 rings (SSSR count). The van der Waals surface area contributed by atoms with Crippen molar-refractivity contribution >= 4 is 10.0 Å². The first-order valence-corrected chi connectivity index (χ1v) is 12.1. The molecule has 2 aliphatic rings. The minimum absolute atomic E-state index is 0.177. The second kappa shape index (κ2) is 9.47. The van der Waals surface area contributed by atoms with Gasteiger partial charge >= 0.3 is 0 Å². The Balaban J connectivity index is 1.66. The van der Waals surface area contributed by atoms with E-state index in [0.717, 1.165) is 38.0 Å². The molecule has 0 amide bonds. The Kier molecular flexibility index (Phi) is 6.73. The molecule has 0 saturated carbocycles. The quantitative estimate of drug-likeness (QED) is 0.659. The number of hydrogen-bond donors (Lipinski definition) is 0. The Hall–Kier alpha value is -1.93. The monoisotopic (exact) mass is 430 g/mol. The van der Waals surface area contributed by atoms with E-state index in [0.29, 0.717) is 25.5 Å². The van der Waals surface area contributed by atoms with Gasteiger partial charge in [-0.25, -0.2) is 8.42 Å². The van der Waals surface area contributed by atoms with E-state index in [2.05, 4.69) is 4.90 Å². The fourth-order valence-electron chi connectivity index (χ4n) is 4.34. The number of sulfonamides is 1. The van der Waals surface area contributed by atoms with E-state index >= 15 is 0 Å². The maximum Gasteiger partial charge on any atom is 0.247 e. The summed E-state index contributed by atoms with van der Waals surface area (Å²) >= 11 is 0. The van der Waals surface area contributed by atoms with Gasteiger partial charge < -0.3 is 14.4 Å². The topological polar surface area (TPSA) is 59.1 Å². The number of likely N-dealkylation sites (tertiary alicyclic amines) is 1. The molecule has 2 aromatic rings. The van der Waals surface area contributed by atoms with Crippen LogP contribution in [-0.4, -0.2) is 62.6 Å². The van der Waals surface area contributed by atoms with Crippen LogP contribution in [0.15, 0.2) is 59.5 Å². The van der Waals surface area contributed by atoms with Crippen molar-refractivity contribution in [3.8, 4) is 5.75 Å². The summed E-state index contributed by atoms with van der Waals surface area (Å²) in [5, 5.41) is 0. The molecule has 2 aromatic carbocycles. The van der Waals surface area contributed by atoms with E-state index in [9.17, 15) is 8.42 Å². The third-order valence-corrected chi connectivity index (χ3v) is 7.83. The number of benzene rings is 2. The largest absolute Gasteiger partial charge is 0.487 e. The number of rotatable bonds is 6. The highest BCUT2D eigenvalue weighted by molar-refractivity contribution is 7.89. The molecule has 0 radical (unpaired) electrons. The fraction of sp³-hybridized carbons (Fsp3) is 0.478. The van der Waals surface area contributed by atoms with Gasteiger partial charge in [-0.15, -0.1) is 0 Å². The van der Waals surface area contributed by atoms with Crippen LogP contribution in [-0.2, 0) is 21.3 Å². The lowest BCUT2D eigenvalue weighted by molar-refractivity contribution is 0.107. The Morgan fingerprint density at radius 3 is 2.57 bits per heavy atom. The lowest BCUT2D eigenvalue weighted by atomic mass is 10.1. The molecule has 1 fully saturated rings. The second-order valence-electron chi connectivity index (χ2n) is 7.82. The predicted molar refractivity (Wildman–Crippen MR) is 116 cm³/mol. The van der Waals surface area contributed by atoms with Gasteiger partial charge in [-0.2, -0.15) is 4.31 Å². The zero-order valence-corrected chi connectivity index (χ0v) is 18.3. The highest BCUT2D eigenvalue weighted by Crippen LogP contribution is 2.37. The summed E-state index contributed by atoms with van der Waals surface area (Å²) < 4.78 is 40.9. The van der Waals surface area contributed by atoms with Crippen molar-refractivity contribution in [1.82, 2.24) is 9.21 Å². The summed E-state index contributed by atoms with van der Waals surface area (Å²) in [7, 11) is -3.68. The number of nitrogens with zero attached hydrogens (tertiary/aromatic N) is 2. The van der Waals surface area contributed by atoms with Gasteiger partial charge in [0, 0.05) is 26.2 Å². The second-order valence-corrected chi connectivity index (χ2v) is 9.68. The van der Waals surface area contributed by atoms with E-state index in [1.54, 1.807) is 22.5 Å². The van der Waals surface area contributed by atoms with Crippen molar-refractivity contribution in [2.24, 2.45) is 0 Å². The van der Waals surface area contributed by atoms with Crippen LogP contribution >= 0.6 is 0 Å².